The van der Waals surface area contributed by atoms with Crippen LogP contribution in [0.5, 0.6) is 0 Å². The zero-order valence-corrected chi connectivity index (χ0v) is 6.34. The van der Waals surface area contributed by atoms with Crippen molar-refractivity contribution in [1.82, 2.24) is 0 Å². The average Bonchev–Trinajstić information content (AvgIpc) is 1.81. The predicted molar refractivity (Wildman–Crippen MR) is 35.4 cm³/mol. The highest BCUT2D eigenvalue weighted by molar-refractivity contribution is 6.14. The van der Waals surface area contributed by atoms with Gasteiger partial charge in [-0.1, -0.05) is 6.58 Å². The normalized spacial score (nSPS) is 22.5. The van der Waals surface area contributed by atoms with Crippen LogP contribution in [-0.2, 0) is 19.1 Å². The summed E-state index contributed by atoms with van der Waals surface area (Å²) in [6.45, 7) is 6.16. The SMILES string of the molecule is C=C1C(=O)OC(C)(C)OC1=O. The van der Waals surface area contributed by atoms with Crippen LogP contribution in [0.3, 0.4) is 0 Å². The molecule has 11 heavy (non-hydrogen) atoms. The Morgan fingerprint density at radius 1 is 1.18 bits per heavy atom. The van der Waals surface area contributed by atoms with E-state index in [-0.39, 0.29) is 5.57 Å². The molecule has 0 atom stereocenters. The van der Waals surface area contributed by atoms with Crippen molar-refractivity contribution in [3.8, 4) is 0 Å². The standard InChI is InChI=1S/C7H8O4/c1-4-5(8)10-7(2,3)11-6(4)9/h1H2,2-3H3. The third-order valence-corrected chi connectivity index (χ3v) is 1.17. The molecule has 0 aromatic rings. The predicted octanol–water partition coefficient (Wildman–Crippen LogP) is 0.379. The summed E-state index contributed by atoms with van der Waals surface area (Å²) in [6, 6.07) is 0. The van der Waals surface area contributed by atoms with Gasteiger partial charge in [0.05, 0.1) is 0 Å². The second-order valence-corrected chi connectivity index (χ2v) is 2.66. The highest BCUT2D eigenvalue weighted by Crippen LogP contribution is 2.20. The fourth-order valence-electron chi connectivity index (χ4n) is 0.674. The van der Waals surface area contributed by atoms with Crippen LogP contribution in [0.25, 0.3) is 0 Å². The lowest BCUT2D eigenvalue weighted by molar-refractivity contribution is -0.222. The molecule has 0 aromatic heterocycles. The average molecular weight is 156 g/mol. The van der Waals surface area contributed by atoms with Gasteiger partial charge in [-0.25, -0.2) is 9.59 Å². The molecule has 0 spiro atoms. The largest absolute Gasteiger partial charge is 0.419 e. The maximum atomic E-state index is 10.8. The first-order valence-electron chi connectivity index (χ1n) is 3.08. The summed E-state index contributed by atoms with van der Waals surface area (Å²) in [6.07, 6.45) is 0. The maximum absolute atomic E-state index is 10.8. The van der Waals surface area contributed by atoms with Gasteiger partial charge in [0.2, 0.25) is 0 Å². The van der Waals surface area contributed by atoms with E-state index in [0.717, 1.165) is 0 Å². The summed E-state index contributed by atoms with van der Waals surface area (Å²) in [5, 5.41) is 0. The molecule has 0 unspecified atom stereocenters. The molecule has 1 rings (SSSR count). The minimum Gasteiger partial charge on any atom is -0.419 e. The Kier molecular flexibility index (Phi) is 1.47. The minimum absolute atomic E-state index is 0.260. The molecule has 1 aliphatic heterocycles. The number of cyclic esters (lactones) is 2. The summed E-state index contributed by atoms with van der Waals surface area (Å²) in [7, 11) is 0. The Morgan fingerprint density at radius 3 is 1.91 bits per heavy atom. The highest BCUT2D eigenvalue weighted by Gasteiger charge is 2.37. The van der Waals surface area contributed by atoms with E-state index in [0.29, 0.717) is 0 Å². The van der Waals surface area contributed by atoms with Crippen LogP contribution >= 0.6 is 0 Å². The topological polar surface area (TPSA) is 52.6 Å². The molecule has 0 bridgehead atoms. The van der Waals surface area contributed by atoms with Crippen LogP contribution in [0.15, 0.2) is 12.2 Å². The molecule has 1 saturated heterocycles. The van der Waals surface area contributed by atoms with E-state index in [1.54, 1.807) is 0 Å². The van der Waals surface area contributed by atoms with E-state index in [9.17, 15) is 9.59 Å². The van der Waals surface area contributed by atoms with Gasteiger partial charge in [0.25, 0.3) is 5.79 Å². The first kappa shape index (κ1) is 7.78. The fraction of sp³-hybridized carbons (Fsp3) is 0.429. The quantitative estimate of drug-likeness (QED) is 0.289. The molecule has 1 heterocycles. The Hall–Kier alpha value is -1.32. The number of carbonyl (C=O) groups excluding carboxylic acids is 2. The van der Waals surface area contributed by atoms with Crippen LogP contribution in [0.1, 0.15) is 13.8 Å². The molecular formula is C7H8O4. The van der Waals surface area contributed by atoms with Crippen molar-refractivity contribution in [2.24, 2.45) is 0 Å². The summed E-state index contributed by atoms with van der Waals surface area (Å²) in [4.78, 5) is 21.6. The molecule has 0 aliphatic carbocycles. The van der Waals surface area contributed by atoms with Crippen LogP contribution in [0, 0.1) is 0 Å². The second kappa shape index (κ2) is 2.08. The molecule has 0 saturated carbocycles. The Morgan fingerprint density at radius 2 is 1.55 bits per heavy atom. The van der Waals surface area contributed by atoms with Gasteiger partial charge in [-0.2, -0.15) is 0 Å². The Labute approximate surface area is 63.8 Å². The lowest BCUT2D eigenvalue weighted by Gasteiger charge is -2.29. The van der Waals surface area contributed by atoms with Crippen molar-refractivity contribution < 1.29 is 19.1 Å². The van der Waals surface area contributed by atoms with E-state index in [1.165, 1.54) is 13.8 Å². The molecular weight excluding hydrogens is 148 g/mol. The number of ether oxygens (including phenoxy) is 2. The molecule has 1 fully saturated rings. The summed E-state index contributed by atoms with van der Waals surface area (Å²) < 4.78 is 9.35. The highest BCUT2D eigenvalue weighted by atomic mass is 16.7. The van der Waals surface area contributed by atoms with Crippen molar-refractivity contribution in [2.45, 2.75) is 19.6 Å². The van der Waals surface area contributed by atoms with Crippen LogP contribution in [0.2, 0.25) is 0 Å². The van der Waals surface area contributed by atoms with Gasteiger partial charge in [-0.3, -0.25) is 0 Å². The molecule has 1 aliphatic rings. The molecule has 0 N–H and O–H groups in total. The van der Waals surface area contributed by atoms with Crippen molar-refractivity contribution in [1.29, 1.82) is 0 Å². The van der Waals surface area contributed by atoms with Gasteiger partial charge >= 0.3 is 11.9 Å². The van der Waals surface area contributed by atoms with Gasteiger partial charge in [-0.15, -0.1) is 0 Å². The van der Waals surface area contributed by atoms with E-state index in [4.69, 9.17) is 0 Å². The monoisotopic (exact) mass is 156 g/mol. The number of carbonyl (C=O) groups is 2. The van der Waals surface area contributed by atoms with Gasteiger partial charge in [0.15, 0.2) is 0 Å². The molecule has 0 amide bonds. The summed E-state index contributed by atoms with van der Waals surface area (Å²) in [5.74, 6) is -2.59. The molecule has 4 nitrogen and oxygen atoms in total. The molecule has 4 heteroatoms. The van der Waals surface area contributed by atoms with E-state index < -0.39 is 17.7 Å². The van der Waals surface area contributed by atoms with Crippen molar-refractivity contribution in [2.75, 3.05) is 0 Å². The van der Waals surface area contributed by atoms with Crippen molar-refractivity contribution in [3.63, 3.8) is 0 Å². The summed E-state index contributed by atoms with van der Waals surface area (Å²) >= 11 is 0. The first-order chi connectivity index (χ1) is 4.92. The zero-order valence-electron chi connectivity index (χ0n) is 6.34. The smallest absolute Gasteiger partial charge is 0.348 e. The van der Waals surface area contributed by atoms with Crippen LogP contribution < -0.4 is 0 Å². The third kappa shape index (κ3) is 1.39. The van der Waals surface area contributed by atoms with Gasteiger partial charge in [0, 0.05) is 13.8 Å². The summed E-state index contributed by atoms with van der Waals surface area (Å²) in [5.41, 5.74) is -0.260. The zero-order chi connectivity index (χ0) is 8.65. The molecule has 60 valence electrons. The Balaban J connectivity index is 2.87. The Bertz CT molecular complexity index is 217. The van der Waals surface area contributed by atoms with Crippen molar-refractivity contribution in [3.05, 3.63) is 12.2 Å². The van der Waals surface area contributed by atoms with Crippen molar-refractivity contribution >= 4 is 11.9 Å². The number of rotatable bonds is 0. The lowest BCUT2D eigenvalue weighted by Crippen LogP contribution is -2.41. The van der Waals surface area contributed by atoms with E-state index >= 15 is 0 Å². The number of hydrogen-bond donors (Lipinski definition) is 0. The second-order valence-electron chi connectivity index (χ2n) is 2.66. The molecule has 0 radical (unpaired) electrons. The van der Waals surface area contributed by atoms with Gasteiger partial charge in [0.1, 0.15) is 5.57 Å². The first-order valence-corrected chi connectivity index (χ1v) is 3.08. The van der Waals surface area contributed by atoms with Gasteiger partial charge in [-0.05, 0) is 0 Å². The van der Waals surface area contributed by atoms with Crippen LogP contribution in [-0.4, -0.2) is 17.7 Å². The third-order valence-electron chi connectivity index (χ3n) is 1.17. The van der Waals surface area contributed by atoms with E-state index in [1.807, 2.05) is 0 Å². The number of esters is 2. The van der Waals surface area contributed by atoms with Crippen LogP contribution in [0.4, 0.5) is 0 Å². The number of hydrogen-bond acceptors (Lipinski definition) is 4. The maximum Gasteiger partial charge on any atom is 0.348 e. The van der Waals surface area contributed by atoms with E-state index in [2.05, 4.69) is 16.1 Å². The minimum atomic E-state index is -1.16. The molecule has 0 aromatic carbocycles. The lowest BCUT2D eigenvalue weighted by atomic mass is 10.2. The van der Waals surface area contributed by atoms with Gasteiger partial charge < -0.3 is 9.47 Å². The fourth-order valence-corrected chi connectivity index (χ4v) is 0.674.